The Balaban J connectivity index is 2.34. The number of halogens is 3. The van der Waals surface area contributed by atoms with Crippen LogP contribution >= 0.6 is 27.5 Å². The van der Waals surface area contributed by atoms with E-state index in [1.807, 2.05) is 0 Å². The third-order valence-corrected chi connectivity index (χ3v) is 2.52. The molecule has 0 radical (unpaired) electrons. The Kier molecular flexibility index (Phi) is 3.11. The fourth-order valence-electron chi connectivity index (χ4n) is 1.09. The third kappa shape index (κ3) is 2.17. The van der Waals surface area contributed by atoms with Crippen molar-refractivity contribution in [1.82, 2.24) is 14.8 Å². The normalized spacial score (nSPS) is 10.5. The number of benzene rings is 1. The maximum Gasteiger partial charge on any atom is 0.321 e. The van der Waals surface area contributed by atoms with E-state index in [2.05, 4.69) is 26.0 Å². The Hall–Kier alpha value is -1.14. The van der Waals surface area contributed by atoms with Crippen LogP contribution in [0.15, 0.2) is 22.9 Å². The standard InChI is InChI=1S/C9H6BrClFN3O/c1-15-9(13-8(10)14-15)16-6-4-2-3-5(12)7(6)11/h2-4H,1H3. The van der Waals surface area contributed by atoms with Gasteiger partial charge in [-0.05, 0) is 28.1 Å². The summed E-state index contributed by atoms with van der Waals surface area (Å²) in [7, 11) is 1.65. The quantitative estimate of drug-likeness (QED) is 0.855. The van der Waals surface area contributed by atoms with E-state index < -0.39 is 5.82 Å². The summed E-state index contributed by atoms with van der Waals surface area (Å²) in [6, 6.07) is 4.52. The second kappa shape index (κ2) is 4.39. The Labute approximate surface area is 104 Å². The molecule has 2 aromatic rings. The number of aryl methyl sites for hydroxylation is 1. The van der Waals surface area contributed by atoms with Crippen LogP contribution in [0.3, 0.4) is 0 Å². The van der Waals surface area contributed by atoms with Crippen molar-refractivity contribution < 1.29 is 9.13 Å². The minimum absolute atomic E-state index is 0.0818. The number of rotatable bonds is 2. The lowest BCUT2D eigenvalue weighted by Gasteiger charge is -2.05. The van der Waals surface area contributed by atoms with Crippen molar-refractivity contribution in [3.63, 3.8) is 0 Å². The van der Waals surface area contributed by atoms with Crippen LogP contribution in [0.5, 0.6) is 11.8 Å². The van der Waals surface area contributed by atoms with Crippen LogP contribution in [0, 0.1) is 5.82 Å². The van der Waals surface area contributed by atoms with Gasteiger partial charge in [-0.3, -0.25) is 0 Å². The first-order chi connectivity index (χ1) is 7.58. The second-order valence-electron chi connectivity index (χ2n) is 2.94. The third-order valence-electron chi connectivity index (χ3n) is 1.81. The largest absolute Gasteiger partial charge is 0.423 e. The molecule has 0 bridgehead atoms. The first kappa shape index (κ1) is 11.3. The SMILES string of the molecule is Cn1nc(Br)nc1Oc1cccc(F)c1Cl. The minimum Gasteiger partial charge on any atom is -0.423 e. The van der Waals surface area contributed by atoms with Crippen LogP contribution in [-0.2, 0) is 7.05 Å². The lowest BCUT2D eigenvalue weighted by atomic mass is 10.3. The molecule has 0 aliphatic rings. The van der Waals surface area contributed by atoms with Gasteiger partial charge < -0.3 is 4.74 Å². The van der Waals surface area contributed by atoms with Gasteiger partial charge in [0.25, 0.3) is 0 Å². The highest BCUT2D eigenvalue weighted by atomic mass is 79.9. The van der Waals surface area contributed by atoms with E-state index in [1.54, 1.807) is 13.1 Å². The van der Waals surface area contributed by atoms with E-state index in [0.29, 0.717) is 4.73 Å². The number of hydrogen-bond donors (Lipinski definition) is 0. The molecule has 2 rings (SSSR count). The molecule has 0 N–H and O–H groups in total. The first-order valence-electron chi connectivity index (χ1n) is 4.26. The van der Waals surface area contributed by atoms with Crippen molar-refractivity contribution in [3.8, 4) is 11.8 Å². The van der Waals surface area contributed by atoms with Crippen molar-refractivity contribution in [3.05, 3.63) is 33.8 Å². The van der Waals surface area contributed by atoms with Crippen LogP contribution in [-0.4, -0.2) is 14.8 Å². The van der Waals surface area contributed by atoms with Crippen LogP contribution in [0.2, 0.25) is 5.02 Å². The number of aromatic nitrogens is 3. The van der Waals surface area contributed by atoms with E-state index in [4.69, 9.17) is 16.3 Å². The van der Waals surface area contributed by atoms with E-state index in [-0.39, 0.29) is 16.8 Å². The average molecular weight is 307 g/mol. The molecule has 0 aliphatic carbocycles. The molecule has 4 nitrogen and oxygen atoms in total. The Morgan fingerprint density at radius 1 is 1.50 bits per heavy atom. The summed E-state index contributed by atoms with van der Waals surface area (Å²) in [4.78, 5) is 3.94. The average Bonchev–Trinajstić information content (AvgIpc) is 2.53. The molecule has 7 heteroatoms. The molecule has 0 atom stereocenters. The van der Waals surface area contributed by atoms with Gasteiger partial charge in [0.1, 0.15) is 10.8 Å². The monoisotopic (exact) mass is 305 g/mol. The summed E-state index contributed by atoms with van der Waals surface area (Å²) in [6.07, 6.45) is 0. The van der Waals surface area contributed by atoms with E-state index >= 15 is 0 Å². The number of nitrogens with zero attached hydrogens (tertiary/aromatic N) is 3. The molecule has 16 heavy (non-hydrogen) atoms. The molecular weight excluding hydrogens is 300 g/mol. The van der Waals surface area contributed by atoms with Crippen LogP contribution in [0.4, 0.5) is 4.39 Å². The Morgan fingerprint density at radius 3 is 2.88 bits per heavy atom. The maximum atomic E-state index is 13.1. The van der Waals surface area contributed by atoms with Crippen molar-refractivity contribution in [2.24, 2.45) is 7.05 Å². The fraction of sp³-hybridized carbons (Fsp3) is 0.111. The molecule has 0 saturated carbocycles. The summed E-state index contributed by atoms with van der Waals surface area (Å²) in [5.41, 5.74) is 0. The maximum absolute atomic E-state index is 13.1. The van der Waals surface area contributed by atoms with Crippen molar-refractivity contribution in [1.29, 1.82) is 0 Å². The molecule has 0 saturated heterocycles. The van der Waals surface area contributed by atoms with Gasteiger partial charge in [0.05, 0.1) is 0 Å². The van der Waals surface area contributed by atoms with Gasteiger partial charge in [0.2, 0.25) is 4.73 Å². The molecule has 0 aliphatic heterocycles. The van der Waals surface area contributed by atoms with Gasteiger partial charge in [-0.25, -0.2) is 9.07 Å². The Bertz CT molecular complexity index is 531. The molecule has 84 valence electrons. The lowest BCUT2D eigenvalue weighted by Crippen LogP contribution is -1.96. The highest BCUT2D eigenvalue weighted by Crippen LogP contribution is 2.30. The predicted octanol–water partition coefficient (Wildman–Crippen LogP) is 3.16. The van der Waals surface area contributed by atoms with Gasteiger partial charge in [-0.2, -0.15) is 4.98 Å². The van der Waals surface area contributed by atoms with Crippen LogP contribution < -0.4 is 4.74 Å². The zero-order chi connectivity index (χ0) is 11.7. The van der Waals surface area contributed by atoms with Gasteiger partial charge in [-0.15, -0.1) is 5.10 Å². The van der Waals surface area contributed by atoms with Gasteiger partial charge >= 0.3 is 6.01 Å². The molecular formula is C9H6BrClFN3O. The molecule has 1 heterocycles. The zero-order valence-corrected chi connectivity index (χ0v) is 10.5. The summed E-state index contributed by atoms with van der Waals surface area (Å²) < 4.78 is 20.2. The number of ether oxygens (including phenoxy) is 1. The lowest BCUT2D eigenvalue weighted by molar-refractivity contribution is 0.412. The van der Waals surface area contributed by atoms with Gasteiger partial charge in [0, 0.05) is 7.05 Å². The molecule has 0 unspecified atom stereocenters. The zero-order valence-electron chi connectivity index (χ0n) is 8.12. The van der Waals surface area contributed by atoms with Crippen LogP contribution in [0.1, 0.15) is 0 Å². The summed E-state index contributed by atoms with van der Waals surface area (Å²) in [6.45, 7) is 0. The minimum atomic E-state index is -0.541. The molecule has 0 fully saturated rings. The van der Waals surface area contributed by atoms with Crippen molar-refractivity contribution >= 4 is 27.5 Å². The van der Waals surface area contributed by atoms with Gasteiger partial charge in [-0.1, -0.05) is 17.7 Å². The summed E-state index contributed by atoms with van der Waals surface area (Å²) in [5, 5.41) is 3.84. The molecule has 0 amide bonds. The first-order valence-corrected chi connectivity index (χ1v) is 5.43. The van der Waals surface area contributed by atoms with Gasteiger partial charge in [0.15, 0.2) is 5.75 Å². The predicted molar refractivity (Wildman–Crippen MR) is 60.2 cm³/mol. The summed E-state index contributed by atoms with van der Waals surface area (Å²) >= 11 is 8.83. The smallest absolute Gasteiger partial charge is 0.321 e. The topological polar surface area (TPSA) is 39.9 Å². The molecule has 0 spiro atoms. The van der Waals surface area contributed by atoms with Crippen LogP contribution in [0.25, 0.3) is 0 Å². The van der Waals surface area contributed by atoms with Crippen molar-refractivity contribution in [2.45, 2.75) is 0 Å². The van der Waals surface area contributed by atoms with E-state index in [0.717, 1.165) is 0 Å². The van der Waals surface area contributed by atoms with Crippen molar-refractivity contribution in [2.75, 3.05) is 0 Å². The molecule has 1 aromatic heterocycles. The highest BCUT2D eigenvalue weighted by molar-refractivity contribution is 9.10. The molecule has 1 aromatic carbocycles. The van der Waals surface area contributed by atoms with E-state index in [9.17, 15) is 4.39 Å². The summed E-state index contributed by atoms with van der Waals surface area (Å²) in [5.74, 6) is -0.343. The second-order valence-corrected chi connectivity index (χ2v) is 4.03. The fourth-order valence-corrected chi connectivity index (χ4v) is 1.64. The number of hydrogen-bond acceptors (Lipinski definition) is 3. The Morgan fingerprint density at radius 2 is 2.25 bits per heavy atom. The van der Waals surface area contributed by atoms with E-state index in [1.165, 1.54) is 16.8 Å². The highest BCUT2D eigenvalue weighted by Gasteiger charge is 2.12.